The van der Waals surface area contributed by atoms with E-state index in [0.29, 0.717) is 5.56 Å². The van der Waals surface area contributed by atoms with Gasteiger partial charge >= 0.3 is 6.03 Å². The number of hydrogen-bond acceptors (Lipinski definition) is 3. The minimum Gasteiger partial charge on any atom is -0.324 e. The number of benzene rings is 2. The lowest BCUT2D eigenvalue weighted by Gasteiger charge is -2.18. The van der Waals surface area contributed by atoms with Gasteiger partial charge in [-0.15, -0.1) is 0 Å². The number of aryl methyl sites for hydroxylation is 1. The first-order chi connectivity index (χ1) is 12.9. The number of para-hydroxylation sites is 1. The average molecular weight is 365 g/mol. The van der Waals surface area contributed by atoms with Crippen molar-refractivity contribution >= 4 is 23.5 Å². The maximum Gasteiger partial charge on any atom is 0.325 e. The van der Waals surface area contributed by atoms with Crippen LogP contribution in [0.1, 0.15) is 42.5 Å². The van der Waals surface area contributed by atoms with E-state index in [0.717, 1.165) is 21.7 Å². The van der Waals surface area contributed by atoms with Crippen LogP contribution >= 0.6 is 0 Å². The molecule has 0 radical (unpaired) electrons. The zero-order valence-corrected chi connectivity index (χ0v) is 15.7. The zero-order chi connectivity index (χ0) is 19.6. The predicted octanol–water partition coefficient (Wildman–Crippen LogP) is 3.35. The fourth-order valence-corrected chi connectivity index (χ4v) is 3.21. The fraction of sp³-hybridized carbons (Fsp3) is 0.286. The predicted molar refractivity (Wildman–Crippen MR) is 103 cm³/mol. The smallest absolute Gasteiger partial charge is 0.324 e. The molecule has 0 saturated carbocycles. The molecule has 6 heteroatoms. The number of imide groups is 1. The Morgan fingerprint density at radius 1 is 1.11 bits per heavy atom. The summed E-state index contributed by atoms with van der Waals surface area (Å²) in [5.41, 5.74) is 3.39. The first kappa shape index (κ1) is 18.6. The van der Waals surface area contributed by atoms with Crippen molar-refractivity contribution in [2.75, 3.05) is 11.9 Å². The van der Waals surface area contributed by atoms with Gasteiger partial charge in [-0.2, -0.15) is 0 Å². The molecule has 2 aromatic rings. The second kappa shape index (κ2) is 7.61. The van der Waals surface area contributed by atoms with Gasteiger partial charge in [0.2, 0.25) is 5.91 Å². The van der Waals surface area contributed by atoms with Crippen LogP contribution in [0.3, 0.4) is 0 Å². The molecule has 3 rings (SSSR count). The van der Waals surface area contributed by atoms with E-state index in [2.05, 4.69) is 10.6 Å². The van der Waals surface area contributed by atoms with Crippen molar-refractivity contribution in [1.82, 2.24) is 10.2 Å². The summed E-state index contributed by atoms with van der Waals surface area (Å²) in [5.74, 6) is -0.585. The van der Waals surface area contributed by atoms with Gasteiger partial charge in [0.05, 0.1) is 0 Å². The number of amides is 4. The summed E-state index contributed by atoms with van der Waals surface area (Å²) in [6.45, 7) is 5.69. The van der Waals surface area contributed by atoms with Crippen LogP contribution in [0.2, 0.25) is 0 Å². The van der Waals surface area contributed by atoms with Crippen molar-refractivity contribution in [3.05, 3.63) is 65.2 Å². The summed E-state index contributed by atoms with van der Waals surface area (Å²) in [6.07, 6.45) is 0. The molecule has 0 aromatic heterocycles. The lowest BCUT2D eigenvalue weighted by atomic mass is 9.98. The maximum atomic E-state index is 12.6. The lowest BCUT2D eigenvalue weighted by molar-refractivity contribution is -0.130. The normalized spacial score (nSPS) is 16.6. The minimum atomic E-state index is -0.754. The second-order valence-electron chi connectivity index (χ2n) is 6.96. The summed E-state index contributed by atoms with van der Waals surface area (Å²) in [6, 6.07) is 13.5. The molecule has 1 fully saturated rings. The molecule has 2 N–H and O–H groups in total. The van der Waals surface area contributed by atoms with Gasteiger partial charge in [-0.05, 0) is 29.5 Å². The molecular formula is C21H23N3O3. The van der Waals surface area contributed by atoms with Gasteiger partial charge in [-0.25, -0.2) is 4.79 Å². The van der Waals surface area contributed by atoms with E-state index in [9.17, 15) is 14.4 Å². The Bertz CT molecular complexity index is 877. The molecule has 1 aliphatic heterocycles. The molecule has 4 amide bonds. The summed E-state index contributed by atoms with van der Waals surface area (Å²) in [4.78, 5) is 38.3. The van der Waals surface area contributed by atoms with Gasteiger partial charge < -0.3 is 10.6 Å². The number of carbonyl (C=O) groups excluding carboxylic acids is 3. The lowest BCUT2D eigenvalue weighted by Crippen LogP contribution is -2.38. The molecule has 0 bridgehead atoms. The number of nitrogens with zero attached hydrogens (tertiary/aromatic N) is 1. The third-order valence-corrected chi connectivity index (χ3v) is 4.65. The van der Waals surface area contributed by atoms with Gasteiger partial charge in [0, 0.05) is 5.69 Å². The Hall–Kier alpha value is -3.15. The number of urea groups is 1. The van der Waals surface area contributed by atoms with Crippen LogP contribution in [0, 0.1) is 6.92 Å². The Labute approximate surface area is 158 Å². The largest absolute Gasteiger partial charge is 0.325 e. The summed E-state index contributed by atoms with van der Waals surface area (Å²) >= 11 is 0. The Morgan fingerprint density at radius 2 is 1.81 bits per heavy atom. The van der Waals surface area contributed by atoms with Crippen molar-refractivity contribution < 1.29 is 14.4 Å². The van der Waals surface area contributed by atoms with Crippen LogP contribution in [-0.4, -0.2) is 29.3 Å². The van der Waals surface area contributed by atoms with E-state index in [1.54, 1.807) is 24.3 Å². The highest BCUT2D eigenvalue weighted by Crippen LogP contribution is 2.27. The van der Waals surface area contributed by atoms with Crippen LogP contribution in [0.15, 0.2) is 48.5 Å². The first-order valence-electron chi connectivity index (χ1n) is 8.94. The van der Waals surface area contributed by atoms with E-state index in [1.807, 2.05) is 45.0 Å². The first-order valence-corrected chi connectivity index (χ1v) is 8.94. The standard InChI is InChI=1S/C21H23N3O3/c1-13(2)16-11-7-8-14(3)18(16)22-17(25)12-24-20(26)19(23-21(24)27)15-9-5-4-6-10-15/h4-11,13,19H,12H2,1-3H3,(H,22,25)(H,23,27). The molecule has 1 heterocycles. The number of rotatable bonds is 5. The highest BCUT2D eigenvalue weighted by Gasteiger charge is 2.39. The topological polar surface area (TPSA) is 78.5 Å². The van der Waals surface area contributed by atoms with Crippen LogP contribution in [0.4, 0.5) is 10.5 Å². The molecule has 6 nitrogen and oxygen atoms in total. The van der Waals surface area contributed by atoms with Crippen molar-refractivity contribution in [1.29, 1.82) is 0 Å². The highest BCUT2D eigenvalue weighted by atomic mass is 16.2. The summed E-state index contributed by atoms with van der Waals surface area (Å²) in [7, 11) is 0. The molecule has 0 spiro atoms. The molecule has 140 valence electrons. The van der Waals surface area contributed by atoms with Crippen molar-refractivity contribution in [2.24, 2.45) is 0 Å². The van der Waals surface area contributed by atoms with E-state index in [-0.39, 0.29) is 12.5 Å². The molecule has 1 unspecified atom stereocenters. The SMILES string of the molecule is Cc1cccc(C(C)C)c1NC(=O)CN1C(=O)NC(c2ccccc2)C1=O. The van der Waals surface area contributed by atoms with Gasteiger partial charge in [-0.1, -0.05) is 62.4 Å². The molecule has 1 atom stereocenters. The Kier molecular flexibility index (Phi) is 5.26. The second-order valence-corrected chi connectivity index (χ2v) is 6.96. The van der Waals surface area contributed by atoms with Crippen LogP contribution in [0.5, 0.6) is 0 Å². The van der Waals surface area contributed by atoms with E-state index < -0.39 is 23.9 Å². The third kappa shape index (κ3) is 3.84. The van der Waals surface area contributed by atoms with Crippen molar-refractivity contribution in [3.63, 3.8) is 0 Å². The highest BCUT2D eigenvalue weighted by molar-refractivity contribution is 6.08. The third-order valence-electron chi connectivity index (χ3n) is 4.65. The maximum absolute atomic E-state index is 12.6. The molecule has 1 aliphatic rings. The average Bonchev–Trinajstić information content (AvgIpc) is 2.92. The van der Waals surface area contributed by atoms with Crippen molar-refractivity contribution in [2.45, 2.75) is 32.7 Å². The Balaban J connectivity index is 1.74. The van der Waals surface area contributed by atoms with E-state index in [1.165, 1.54) is 0 Å². The summed E-state index contributed by atoms with van der Waals surface area (Å²) < 4.78 is 0. The van der Waals surface area contributed by atoms with Gasteiger partial charge in [0.1, 0.15) is 12.6 Å². The molecule has 1 saturated heterocycles. The zero-order valence-electron chi connectivity index (χ0n) is 15.7. The van der Waals surface area contributed by atoms with Crippen LogP contribution < -0.4 is 10.6 Å². The van der Waals surface area contributed by atoms with Crippen LogP contribution in [0.25, 0.3) is 0 Å². The molecular weight excluding hydrogens is 342 g/mol. The minimum absolute atomic E-state index is 0.236. The Morgan fingerprint density at radius 3 is 2.48 bits per heavy atom. The molecule has 2 aromatic carbocycles. The number of hydrogen-bond donors (Lipinski definition) is 2. The van der Waals surface area contributed by atoms with Gasteiger partial charge in [-0.3, -0.25) is 14.5 Å². The molecule has 0 aliphatic carbocycles. The molecule has 27 heavy (non-hydrogen) atoms. The van der Waals surface area contributed by atoms with Gasteiger partial charge in [0.15, 0.2) is 0 Å². The van der Waals surface area contributed by atoms with Crippen molar-refractivity contribution in [3.8, 4) is 0 Å². The number of nitrogens with one attached hydrogen (secondary N) is 2. The van der Waals surface area contributed by atoms with Crippen LogP contribution in [-0.2, 0) is 9.59 Å². The fourth-order valence-electron chi connectivity index (χ4n) is 3.21. The van der Waals surface area contributed by atoms with E-state index in [4.69, 9.17) is 0 Å². The quantitative estimate of drug-likeness (QED) is 0.798. The number of anilines is 1. The van der Waals surface area contributed by atoms with E-state index >= 15 is 0 Å². The number of carbonyl (C=O) groups is 3. The monoisotopic (exact) mass is 365 g/mol. The summed E-state index contributed by atoms with van der Waals surface area (Å²) in [5, 5.41) is 5.51. The van der Waals surface area contributed by atoms with Gasteiger partial charge in [0.25, 0.3) is 5.91 Å².